The van der Waals surface area contributed by atoms with E-state index in [4.69, 9.17) is 4.42 Å². The molecule has 0 atom stereocenters. The predicted octanol–water partition coefficient (Wildman–Crippen LogP) is 7.62. The summed E-state index contributed by atoms with van der Waals surface area (Å²) in [6.07, 6.45) is 2.10. The van der Waals surface area contributed by atoms with E-state index in [-0.39, 0.29) is 5.82 Å². The Kier molecular flexibility index (Phi) is 4.85. The van der Waals surface area contributed by atoms with E-state index < -0.39 is 0 Å². The Morgan fingerprint density at radius 2 is 1.47 bits per heavy atom. The summed E-state index contributed by atoms with van der Waals surface area (Å²) in [6.45, 7) is 8.53. The molecule has 0 spiro atoms. The first-order valence-electron chi connectivity index (χ1n) is 11.1. The zero-order valence-corrected chi connectivity index (χ0v) is 19.2. The van der Waals surface area contributed by atoms with Gasteiger partial charge in [0.25, 0.3) is 0 Å². The molecule has 0 radical (unpaired) electrons. The Labute approximate surface area is 187 Å². The first kappa shape index (κ1) is 20.4. The van der Waals surface area contributed by atoms with Gasteiger partial charge in [-0.15, -0.1) is 0 Å². The highest BCUT2D eigenvalue weighted by atomic mass is 19.1. The fraction of sp³-hybridized carbons (Fsp3) is 0.207. The fourth-order valence-electron chi connectivity index (χ4n) is 4.48. The zero-order chi connectivity index (χ0) is 22.6. The van der Waals surface area contributed by atoms with Crippen LogP contribution in [0.4, 0.5) is 4.39 Å². The van der Waals surface area contributed by atoms with Gasteiger partial charge in [-0.1, -0.05) is 55.8 Å². The third-order valence-corrected chi connectivity index (χ3v) is 6.40. The standard InChI is InChI=1S/C29H27FNO/c1-17(2)21-14-15-31(5)25(16-21)26-19(4)8-11-22-23-12-13-24(30)27(29(23)32-28(22)26)20-9-6-18(3)7-10-20/h6-17H,1-5H3/q+1. The molecule has 5 aromatic rings. The topological polar surface area (TPSA) is 17.0 Å². The van der Waals surface area contributed by atoms with Crippen molar-refractivity contribution in [2.45, 2.75) is 33.6 Å². The monoisotopic (exact) mass is 424 g/mol. The van der Waals surface area contributed by atoms with Crippen molar-refractivity contribution in [2.24, 2.45) is 7.05 Å². The molecular formula is C29H27FNO+. The van der Waals surface area contributed by atoms with Gasteiger partial charge in [-0.25, -0.2) is 8.96 Å². The van der Waals surface area contributed by atoms with Gasteiger partial charge in [0, 0.05) is 22.9 Å². The molecule has 0 N–H and O–H groups in total. The summed E-state index contributed by atoms with van der Waals surface area (Å²) < 4.78 is 23.7. The number of furan rings is 1. The normalized spacial score (nSPS) is 11.7. The van der Waals surface area contributed by atoms with Crippen LogP contribution in [0.25, 0.3) is 44.3 Å². The molecule has 0 aliphatic carbocycles. The third kappa shape index (κ3) is 3.20. The maximum atomic E-state index is 15.1. The molecule has 0 saturated carbocycles. The van der Waals surface area contributed by atoms with Crippen LogP contribution in [-0.4, -0.2) is 0 Å². The summed E-state index contributed by atoms with van der Waals surface area (Å²) in [5.41, 5.74) is 8.43. The average Bonchev–Trinajstić information content (AvgIpc) is 3.13. The number of nitrogens with zero attached hydrogens (tertiary/aromatic N) is 1. The van der Waals surface area contributed by atoms with E-state index >= 15 is 4.39 Å². The van der Waals surface area contributed by atoms with Crippen LogP contribution in [0.5, 0.6) is 0 Å². The maximum absolute atomic E-state index is 15.1. The lowest BCUT2D eigenvalue weighted by atomic mass is 9.96. The summed E-state index contributed by atoms with van der Waals surface area (Å²) in [6, 6.07) is 19.9. The molecule has 0 unspecified atom stereocenters. The number of halogens is 1. The second-order valence-corrected chi connectivity index (χ2v) is 9.01. The lowest BCUT2D eigenvalue weighted by Crippen LogP contribution is -2.31. The van der Waals surface area contributed by atoms with Gasteiger partial charge in [0.05, 0.1) is 11.1 Å². The second-order valence-electron chi connectivity index (χ2n) is 9.01. The Morgan fingerprint density at radius 3 is 2.16 bits per heavy atom. The highest BCUT2D eigenvalue weighted by Gasteiger charge is 2.23. The SMILES string of the molecule is Cc1ccc(-c2c(F)ccc3c2oc2c(-c4cc(C(C)C)cc[n+]4C)c(C)ccc23)cc1. The Balaban J connectivity index is 1.86. The summed E-state index contributed by atoms with van der Waals surface area (Å²) in [7, 11) is 2.05. The number of rotatable bonds is 3. The van der Waals surface area contributed by atoms with Gasteiger partial charge in [-0.3, -0.25) is 0 Å². The number of pyridine rings is 1. The van der Waals surface area contributed by atoms with E-state index in [0.717, 1.165) is 44.3 Å². The Bertz CT molecular complexity index is 1480. The average molecular weight is 425 g/mol. The minimum Gasteiger partial charge on any atom is -0.454 e. The van der Waals surface area contributed by atoms with Crippen molar-refractivity contribution >= 4 is 21.9 Å². The molecular weight excluding hydrogens is 397 g/mol. The van der Waals surface area contributed by atoms with Crippen LogP contribution in [0.3, 0.4) is 0 Å². The summed E-state index contributed by atoms with van der Waals surface area (Å²) in [5, 5.41) is 1.94. The van der Waals surface area contributed by atoms with Crippen molar-refractivity contribution in [3.05, 3.63) is 89.4 Å². The van der Waals surface area contributed by atoms with E-state index in [1.165, 1.54) is 5.56 Å². The van der Waals surface area contributed by atoms with Crippen LogP contribution in [0.15, 0.2) is 71.3 Å². The van der Waals surface area contributed by atoms with Gasteiger partial charge in [-0.05, 0) is 48.6 Å². The number of benzene rings is 3. The third-order valence-electron chi connectivity index (χ3n) is 6.40. The Hall–Kier alpha value is -3.46. The first-order chi connectivity index (χ1) is 15.3. The van der Waals surface area contributed by atoms with Crippen molar-refractivity contribution in [1.82, 2.24) is 0 Å². The number of hydrogen-bond acceptors (Lipinski definition) is 1. The molecule has 0 saturated heterocycles. The van der Waals surface area contributed by atoms with Gasteiger partial charge in [-0.2, -0.15) is 0 Å². The van der Waals surface area contributed by atoms with Gasteiger partial charge in [0.15, 0.2) is 6.20 Å². The van der Waals surface area contributed by atoms with Crippen LogP contribution in [0, 0.1) is 19.7 Å². The number of hydrogen-bond donors (Lipinski definition) is 0. The number of aromatic nitrogens is 1. The van der Waals surface area contributed by atoms with Gasteiger partial charge in [0.2, 0.25) is 5.69 Å². The molecule has 0 amide bonds. The lowest BCUT2D eigenvalue weighted by Gasteiger charge is -2.09. The van der Waals surface area contributed by atoms with Crippen molar-refractivity contribution < 1.29 is 13.4 Å². The summed E-state index contributed by atoms with van der Waals surface area (Å²) in [4.78, 5) is 0. The molecule has 5 rings (SSSR count). The van der Waals surface area contributed by atoms with Crippen LogP contribution < -0.4 is 4.57 Å². The summed E-state index contributed by atoms with van der Waals surface area (Å²) in [5.74, 6) is 0.151. The predicted molar refractivity (Wildman–Crippen MR) is 129 cm³/mol. The number of fused-ring (bicyclic) bond motifs is 3. The lowest BCUT2D eigenvalue weighted by molar-refractivity contribution is -0.660. The van der Waals surface area contributed by atoms with Crippen molar-refractivity contribution in [3.8, 4) is 22.4 Å². The van der Waals surface area contributed by atoms with Crippen molar-refractivity contribution in [2.75, 3.05) is 0 Å². The van der Waals surface area contributed by atoms with Gasteiger partial charge >= 0.3 is 0 Å². The molecule has 3 aromatic carbocycles. The van der Waals surface area contributed by atoms with E-state index in [0.29, 0.717) is 17.1 Å². The van der Waals surface area contributed by atoms with Crippen LogP contribution >= 0.6 is 0 Å². The zero-order valence-electron chi connectivity index (χ0n) is 19.2. The van der Waals surface area contributed by atoms with Gasteiger partial charge < -0.3 is 4.42 Å². The van der Waals surface area contributed by atoms with Crippen LogP contribution in [0.2, 0.25) is 0 Å². The largest absolute Gasteiger partial charge is 0.454 e. The quantitative estimate of drug-likeness (QED) is 0.272. The molecule has 32 heavy (non-hydrogen) atoms. The Morgan fingerprint density at radius 1 is 0.812 bits per heavy atom. The molecule has 0 bridgehead atoms. The van der Waals surface area contributed by atoms with Crippen LogP contribution in [-0.2, 0) is 7.05 Å². The highest BCUT2D eigenvalue weighted by molar-refractivity contribution is 6.13. The minimum atomic E-state index is -0.272. The van der Waals surface area contributed by atoms with E-state index in [2.05, 4.69) is 62.8 Å². The molecule has 0 aliphatic heterocycles. The van der Waals surface area contributed by atoms with E-state index in [1.54, 1.807) is 6.07 Å². The van der Waals surface area contributed by atoms with E-state index in [1.807, 2.05) is 37.3 Å². The van der Waals surface area contributed by atoms with Crippen LogP contribution in [0.1, 0.15) is 36.5 Å². The maximum Gasteiger partial charge on any atom is 0.216 e. The second kappa shape index (κ2) is 7.59. The molecule has 0 aliphatic rings. The fourth-order valence-corrected chi connectivity index (χ4v) is 4.48. The molecule has 160 valence electrons. The first-order valence-corrected chi connectivity index (χ1v) is 11.1. The molecule has 2 aromatic heterocycles. The summed E-state index contributed by atoms with van der Waals surface area (Å²) >= 11 is 0. The van der Waals surface area contributed by atoms with Gasteiger partial charge in [0.1, 0.15) is 24.0 Å². The molecule has 2 heterocycles. The smallest absolute Gasteiger partial charge is 0.216 e. The van der Waals surface area contributed by atoms with Crippen molar-refractivity contribution in [3.63, 3.8) is 0 Å². The molecule has 0 fully saturated rings. The highest BCUT2D eigenvalue weighted by Crippen LogP contribution is 2.41. The molecule has 3 heteroatoms. The van der Waals surface area contributed by atoms with Crippen molar-refractivity contribution in [1.29, 1.82) is 0 Å². The minimum absolute atomic E-state index is 0.272. The molecule has 2 nitrogen and oxygen atoms in total. The number of aryl methyl sites for hydroxylation is 3. The van der Waals surface area contributed by atoms with E-state index in [9.17, 15) is 0 Å².